The Kier molecular flexibility index (Phi) is 5.07. The summed E-state index contributed by atoms with van der Waals surface area (Å²) in [4.78, 5) is 23.3. The standard InChI is InChI=1S/C18H23N3O3/c1-10-6-11(2)8-15(7-10)21-12(3)9-16(20-21)17(22)19-14(5)13(4)18(23)24/h6-9,13-14H,1-5H3,(H,19,22)(H,23,24). The zero-order chi connectivity index (χ0) is 18.0. The van der Waals surface area contributed by atoms with Crippen LogP contribution in [-0.2, 0) is 4.79 Å². The quantitative estimate of drug-likeness (QED) is 0.883. The number of carbonyl (C=O) groups excluding carboxylic acids is 1. The molecule has 0 aliphatic heterocycles. The molecule has 0 radical (unpaired) electrons. The molecule has 2 unspecified atom stereocenters. The molecular weight excluding hydrogens is 306 g/mol. The first kappa shape index (κ1) is 17.7. The first-order valence-electron chi connectivity index (χ1n) is 7.88. The normalized spacial score (nSPS) is 13.4. The van der Waals surface area contributed by atoms with Crippen molar-refractivity contribution < 1.29 is 14.7 Å². The van der Waals surface area contributed by atoms with Gasteiger partial charge in [-0.2, -0.15) is 5.10 Å². The van der Waals surface area contributed by atoms with Gasteiger partial charge in [0.25, 0.3) is 5.91 Å². The summed E-state index contributed by atoms with van der Waals surface area (Å²) in [5.41, 5.74) is 4.25. The molecule has 24 heavy (non-hydrogen) atoms. The van der Waals surface area contributed by atoms with Crippen molar-refractivity contribution in [2.75, 3.05) is 0 Å². The minimum atomic E-state index is -0.945. The van der Waals surface area contributed by atoms with E-state index in [0.29, 0.717) is 0 Å². The Morgan fingerprint density at radius 3 is 2.21 bits per heavy atom. The highest BCUT2D eigenvalue weighted by Crippen LogP contribution is 2.16. The average molecular weight is 329 g/mol. The molecule has 1 aromatic heterocycles. The largest absolute Gasteiger partial charge is 0.481 e. The summed E-state index contributed by atoms with van der Waals surface area (Å²) in [7, 11) is 0. The van der Waals surface area contributed by atoms with E-state index in [4.69, 9.17) is 5.11 Å². The minimum absolute atomic E-state index is 0.274. The lowest BCUT2D eigenvalue weighted by Gasteiger charge is -2.16. The maximum absolute atomic E-state index is 12.3. The molecule has 1 heterocycles. The van der Waals surface area contributed by atoms with Crippen LogP contribution in [0.25, 0.3) is 5.69 Å². The topological polar surface area (TPSA) is 84.2 Å². The van der Waals surface area contributed by atoms with Gasteiger partial charge in [0.2, 0.25) is 0 Å². The molecule has 6 heteroatoms. The highest BCUT2D eigenvalue weighted by molar-refractivity contribution is 5.93. The van der Waals surface area contributed by atoms with Crippen molar-refractivity contribution in [1.29, 1.82) is 0 Å². The predicted molar refractivity (Wildman–Crippen MR) is 91.5 cm³/mol. The van der Waals surface area contributed by atoms with Crippen LogP contribution in [0.4, 0.5) is 0 Å². The fraction of sp³-hybridized carbons (Fsp3) is 0.389. The molecule has 0 aliphatic carbocycles. The number of benzene rings is 1. The van der Waals surface area contributed by atoms with Crippen molar-refractivity contribution in [2.24, 2.45) is 5.92 Å². The number of aryl methyl sites for hydroxylation is 3. The van der Waals surface area contributed by atoms with Crippen LogP contribution in [0, 0.1) is 26.7 Å². The molecular formula is C18H23N3O3. The number of amides is 1. The summed E-state index contributed by atoms with van der Waals surface area (Å²) in [6.07, 6.45) is 0. The summed E-state index contributed by atoms with van der Waals surface area (Å²) in [5, 5.41) is 16.1. The van der Waals surface area contributed by atoms with Crippen molar-refractivity contribution in [3.63, 3.8) is 0 Å². The van der Waals surface area contributed by atoms with Crippen molar-refractivity contribution in [3.05, 3.63) is 46.8 Å². The van der Waals surface area contributed by atoms with E-state index in [0.717, 1.165) is 22.5 Å². The van der Waals surface area contributed by atoms with Crippen molar-refractivity contribution in [3.8, 4) is 5.69 Å². The third kappa shape index (κ3) is 3.82. The van der Waals surface area contributed by atoms with Crippen LogP contribution in [0.3, 0.4) is 0 Å². The van der Waals surface area contributed by atoms with E-state index in [1.165, 1.54) is 0 Å². The van der Waals surface area contributed by atoms with Crippen LogP contribution in [-0.4, -0.2) is 32.8 Å². The van der Waals surface area contributed by atoms with Crippen molar-refractivity contribution in [2.45, 2.75) is 40.7 Å². The van der Waals surface area contributed by atoms with E-state index in [9.17, 15) is 9.59 Å². The predicted octanol–water partition coefficient (Wildman–Crippen LogP) is 2.64. The van der Waals surface area contributed by atoms with Gasteiger partial charge in [0.1, 0.15) is 0 Å². The number of nitrogens with zero attached hydrogens (tertiary/aromatic N) is 2. The summed E-state index contributed by atoms with van der Waals surface area (Å²) < 4.78 is 1.72. The zero-order valence-corrected chi connectivity index (χ0v) is 14.6. The summed E-state index contributed by atoms with van der Waals surface area (Å²) >= 11 is 0. The lowest BCUT2D eigenvalue weighted by atomic mass is 10.0. The maximum atomic E-state index is 12.3. The number of rotatable bonds is 5. The van der Waals surface area contributed by atoms with E-state index in [2.05, 4.69) is 16.5 Å². The van der Waals surface area contributed by atoms with Crippen molar-refractivity contribution in [1.82, 2.24) is 15.1 Å². The third-order valence-electron chi connectivity index (χ3n) is 4.07. The first-order valence-corrected chi connectivity index (χ1v) is 7.88. The van der Waals surface area contributed by atoms with Gasteiger partial charge in [-0.25, -0.2) is 4.68 Å². The van der Waals surface area contributed by atoms with E-state index < -0.39 is 17.9 Å². The number of carbonyl (C=O) groups is 2. The number of carboxylic acid groups (broad SMARTS) is 1. The second-order valence-corrected chi connectivity index (χ2v) is 6.32. The maximum Gasteiger partial charge on any atom is 0.308 e. The Morgan fingerprint density at radius 2 is 1.67 bits per heavy atom. The van der Waals surface area contributed by atoms with Gasteiger partial charge >= 0.3 is 5.97 Å². The Morgan fingerprint density at radius 1 is 1.08 bits per heavy atom. The van der Waals surface area contributed by atoms with Gasteiger partial charge in [-0.1, -0.05) is 6.07 Å². The van der Waals surface area contributed by atoms with Gasteiger partial charge in [0, 0.05) is 11.7 Å². The molecule has 2 aromatic rings. The Balaban J connectivity index is 2.25. The number of aromatic nitrogens is 2. The Hall–Kier alpha value is -2.63. The van der Waals surface area contributed by atoms with E-state index >= 15 is 0 Å². The lowest BCUT2D eigenvalue weighted by Crippen LogP contribution is -2.40. The molecule has 0 saturated heterocycles. The molecule has 0 saturated carbocycles. The summed E-state index contributed by atoms with van der Waals surface area (Å²) in [5.74, 6) is -1.99. The molecule has 2 rings (SSSR count). The van der Waals surface area contributed by atoms with Gasteiger partial charge < -0.3 is 10.4 Å². The molecule has 0 spiro atoms. The van der Waals surface area contributed by atoms with Gasteiger partial charge in [0.05, 0.1) is 11.6 Å². The molecule has 6 nitrogen and oxygen atoms in total. The lowest BCUT2D eigenvalue weighted by molar-refractivity contribution is -0.141. The fourth-order valence-electron chi connectivity index (χ4n) is 2.54. The van der Waals surface area contributed by atoms with Crippen LogP contribution in [0.2, 0.25) is 0 Å². The van der Waals surface area contributed by atoms with Crippen LogP contribution in [0.5, 0.6) is 0 Å². The van der Waals surface area contributed by atoms with Crippen LogP contribution in [0.1, 0.15) is 41.2 Å². The summed E-state index contributed by atoms with van der Waals surface area (Å²) in [6.45, 7) is 9.14. The van der Waals surface area contributed by atoms with E-state index in [-0.39, 0.29) is 11.6 Å². The average Bonchev–Trinajstić information content (AvgIpc) is 2.87. The minimum Gasteiger partial charge on any atom is -0.481 e. The Bertz CT molecular complexity index is 760. The van der Waals surface area contributed by atoms with Crippen molar-refractivity contribution >= 4 is 11.9 Å². The second-order valence-electron chi connectivity index (χ2n) is 6.32. The third-order valence-corrected chi connectivity index (χ3v) is 4.07. The fourth-order valence-corrected chi connectivity index (χ4v) is 2.54. The van der Waals surface area contributed by atoms with Gasteiger partial charge in [-0.3, -0.25) is 9.59 Å². The second kappa shape index (κ2) is 6.86. The molecule has 0 bridgehead atoms. The van der Waals surface area contributed by atoms with Gasteiger partial charge in [-0.15, -0.1) is 0 Å². The van der Waals surface area contributed by atoms with Crippen LogP contribution >= 0.6 is 0 Å². The molecule has 2 atom stereocenters. The number of hydrogen-bond donors (Lipinski definition) is 2. The highest BCUT2D eigenvalue weighted by Gasteiger charge is 2.23. The van der Waals surface area contributed by atoms with E-state index in [1.54, 1.807) is 24.6 Å². The van der Waals surface area contributed by atoms with E-state index in [1.807, 2.05) is 32.9 Å². The van der Waals surface area contributed by atoms with Gasteiger partial charge in [-0.05, 0) is 63.9 Å². The molecule has 128 valence electrons. The van der Waals surface area contributed by atoms with Crippen LogP contribution in [0.15, 0.2) is 24.3 Å². The number of aliphatic carboxylic acids is 1. The number of carboxylic acids is 1. The summed E-state index contributed by atoms with van der Waals surface area (Å²) in [6, 6.07) is 7.30. The number of nitrogens with one attached hydrogen (secondary N) is 1. The van der Waals surface area contributed by atoms with Gasteiger partial charge in [0.15, 0.2) is 5.69 Å². The smallest absolute Gasteiger partial charge is 0.308 e. The molecule has 0 fully saturated rings. The first-order chi connectivity index (χ1) is 11.2. The number of hydrogen-bond acceptors (Lipinski definition) is 3. The Labute approximate surface area is 141 Å². The highest BCUT2D eigenvalue weighted by atomic mass is 16.4. The molecule has 2 N–H and O–H groups in total. The van der Waals surface area contributed by atoms with Crippen LogP contribution < -0.4 is 5.32 Å². The molecule has 1 aromatic carbocycles. The zero-order valence-electron chi connectivity index (χ0n) is 14.6. The molecule has 0 aliphatic rings. The SMILES string of the molecule is Cc1cc(C)cc(-n2nc(C(=O)NC(C)C(C)C(=O)O)cc2C)c1. The molecule has 1 amide bonds. The monoisotopic (exact) mass is 329 g/mol.